The minimum Gasteiger partial charge on any atom is -0.485 e. The zero-order valence-corrected chi connectivity index (χ0v) is 16.2. The zero-order chi connectivity index (χ0) is 20.8. The fourth-order valence-corrected chi connectivity index (χ4v) is 3.20. The molecule has 0 bridgehead atoms. The smallest absolute Gasteiger partial charge is 0.341 e. The second kappa shape index (κ2) is 9.36. The highest BCUT2D eigenvalue weighted by Gasteiger charge is 2.23. The van der Waals surface area contributed by atoms with Crippen molar-refractivity contribution in [2.75, 3.05) is 19.7 Å². The van der Waals surface area contributed by atoms with Crippen LogP contribution in [0.15, 0.2) is 35.5 Å². The summed E-state index contributed by atoms with van der Waals surface area (Å²) in [5.74, 6) is -0.938. The molecule has 4 N–H and O–H groups in total. The largest absolute Gasteiger partial charge is 0.485 e. The molecule has 1 fully saturated rings. The van der Waals surface area contributed by atoms with E-state index < -0.39 is 24.0 Å². The summed E-state index contributed by atoms with van der Waals surface area (Å²) in [6, 6.07) is 7.05. The molecule has 2 unspecified atom stereocenters. The number of amides is 1. The summed E-state index contributed by atoms with van der Waals surface area (Å²) in [4.78, 5) is 22.9. The molecule has 10 heteroatoms. The maximum absolute atomic E-state index is 11.9. The zero-order valence-electron chi connectivity index (χ0n) is 15.3. The third kappa shape index (κ3) is 5.22. The molecule has 2 aliphatic heterocycles. The predicted molar refractivity (Wildman–Crippen MR) is 107 cm³/mol. The topological polar surface area (TPSA) is 133 Å². The van der Waals surface area contributed by atoms with Crippen molar-refractivity contribution in [2.45, 2.75) is 18.0 Å². The van der Waals surface area contributed by atoms with E-state index in [4.69, 9.17) is 14.6 Å². The minimum absolute atomic E-state index is 0.0389. The Labute approximate surface area is 172 Å². The summed E-state index contributed by atoms with van der Waals surface area (Å²) in [6.07, 6.45) is 3.96. The van der Waals surface area contributed by atoms with Gasteiger partial charge in [-0.25, -0.2) is 4.79 Å². The molecular formula is C19H20N4O5S. The molecule has 9 nitrogen and oxygen atoms in total. The van der Waals surface area contributed by atoms with Gasteiger partial charge in [0.05, 0.1) is 5.70 Å². The first-order chi connectivity index (χ1) is 14.0. The number of nitrogens with zero attached hydrogens (tertiary/aromatic N) is 1. The van der Waals surface area contributed by atoms with Crippen LogP contribution in [0.3, 0.4) is 0 Å². The Morgan fingerprint density at radius 2 is 2.21 bits per heavy atom. The summed E-state index contributed by atoms with van der Waals surface area (Å²) in [7, 11) is 0. The third-order valence-electron chi connectivity index (χ3n) is 4.26. The van der Waals surface area contributed by atoms with Gasteiger partial charge in [-0.3, -0.25) is 4.79 Å². The number of ether oxygens (including phenoxy) is 2. The van der Waals surface area contributed by atoms with Crippen LogP contribution in [-0.4, -0.2) is 48.3 Å². The van der Waals surface area contributed by atoms with Gasteiger partial charge < -0.3 is 30.5 Å². The van der Waals surface area contributed by atoms with Gasteiger partial charge in [-0.15, -0.1) is 12.6 Å². The lowest BCUT2D eigenvalue weighted by Gasteiger charge is -2.23. The van der Waals surface area contributed by atoms with E-state index in [1.807, 2.05) is 6.07 Å². The van der Waals surface area contributed by atoms with Crippen molar-refractivity contribution in [1.29, 1.82) is 5.26 Å². The van der Waals surface area contributed by atoms with Crippen molar-refractivity contribution in [3.05, 3.63) is 41.1 Å². The van der Waals surface area contributed by atoms with Gasteiger partial charge in [0.1, 0.15) is 23.2 Å². The molecule has 0 spiro atoms. The van der Waals surface area contributed by atoms with Crippen molar-refractivity contribution >= 4 is 30.6 Å². The summed E-state index contributed by atoms with van der Waals surface area (Å²) in [6.45, 7) is 1.01. The van der Waals surface area contributed by atoms with Crippen LogP contribution in [0.2, 0.25) is 0 Å². The number of thiol groups is 1. The van der Waals surface area contributed by atoms with E-state index in [1.165, 1.54) is 0 Å². The third-order valence-corrected chi connectivity index (χ3v) is 4.51. The molecule has 1 aromatic rings. The summed E-state index contributed by atoms with van der Waals surface area (Å²) in [5, 5.41) is 26.8. The van der Waals surface area contributed by atoms with E-state index >= 15 is 0 Å². The van der Waals surface area contributed by atoms with Crippen molar-refractivity contribution in [2.24, 2.45) is 0 Å². The van der Waals surface area contributed by atoms with E-state index in [2.05, 4.69) is 28.6 Å². The normalized spacial score (nSPS) is 21.4. The average Bonchev–Trinajstić information content (AvgIpc) is 3.18. The molecule has 0 aromatic heterocycles. The molecule has 1 aromatic carbocycles. The van der Waals surface area contributed by atoms with Crippen LogP contribution in [0.25, 0.3) is 6.08 Å². The Morgan fingerprint density at radius 1 is 1.38 bits per heavy atom. The lowest BCUT2D eigenvalue weighted by molar-refractivity contribution is -0.139. The van der Waals surface area contributed by atoms with Crippen LogP contribution in [-0.2, 0) is 9.59 Å². The first-order valence-corrected chi connectivity index (χ1v) is 9.42. The van der Waals surface area contributed by atoms with Crippen LogP contribution >= 0.6 is 12.6 Å². The lowest BCUT2D eigenvalue weighted by Crippen LogP contribution is -2.46. The van der Waals surface area contributed by atoms with Gasteiger partial charge in [0.25, 0.3) is 5.91 Å². The number of hydrogen-bond acceptors (Lipinski definition) is 8. The summed E-state index contributed by atoms with van der Waals surface area (Å²) >= 11 is 4.16. The number of aliphatic carboxylic acids is 1. The molecule has 1 amide bonds. The first-order valence-electron chi connectivity index (χ1n) is 8.91. The average molecular weight is 416 g/mol. The summed E-state index contributed by atoms with van der Waals surface area (Å²) in [5.41, 5.74) is 0.130. The number of rotatable bonds is 7. The lowest BCUT2D eigenvalue weighted by atomic mass is 10.1. The van der Waals surface area contributed by atoms with Crippen molar-refractivity contribution in [1.82, 2.24) is 16.0 Å². The SMILES string of the molecule is N#CC1=C(/C=C/c2cccc(OC3CCNC3)c2OCC(=O)O)NC(S)NC1=O. The van der Waals surface area contributed by atoms with E-state index in [1.54, 1.807) is 30.4 Å². The maximum Gasteiger partial charge on any atom is 0.341 e. The number of nitriles is 1. The Morgan fingerprint density at radius 3 is 2.90 bits per heavy atom. The van der Waals surface area contributed by atoms with Gasteiger partial charge in [-0.2, -0.15) is 5.26 Å². The molecule has 2 heterocycles. The van der Waals surface area contributed by atoms with Crippen LogP contribution in [0, 0.1) is 11.3 Å². The van der Waals surface area contributed by atoms with Crippen LogP contribution < -0.4 is 25.4 Å². The van der Waals surface area contributed by atoms with Crippen LogP contribution in [0.5, 0.6) is 11.5 Å². The molecule has 1 saturated heterocycles. The van der Waals surface area contributed by atoms with Crippen molar-refractivity contribution < 1.29 is 24.2 Å². The molecule has 0 saturated carbocycles. The number of carboxylic acids is 1. The molecule has 0 radical (unpaired) electrons. The quantitative estimate of drug-likeness (QED) is 0.409. The Balaban J connectivity index is 1.92. The Bertz CT molecular complexity index is 902. The highest BCUT2D eigenvalue weighted by atomic mass is 32.1. The van der Waals surface area contributed by atoms with Gasteiger partial charge in [0, 0.05) is 12.1 Å². The second-order valence-electron chi connectivity index (χ2n) is 6.34. The number of carbonyl (C=O) groups is 2. The fourth-order valence-electron chi connectivity index (χ4n) is 2.94. The number of para-hydroxylation sites is 1. The molecule has 29 heavy (non-hydrogen) atoms. The number of benzene rings is 1. The number of nitrogens with one attached hydrogen (secondary N) is 3. The van der Waals surface area contributed by atoms with Gasteiger partial charge >= 0.3 is 5.97 Å². The number of carboxylic acid groups (broad SMARTS) is 1. The first kappa shape index (κ1) is 20.6. The van der Waals surface area contributed by atoms with E-state index in [0.29, 0.717) is 23.6 Å². The molecule has 2 atom stereocenters. The second-order valence-corrected chi connectivity index (χ2v) is 6.86. The fraction of sp³-hybridized carbons (Fsp3) is 0.316. The van der Waals surface area contributed by atoms with Gasteiger partial charge in [-0.05, 0) is 31.2 Å². The van der Waals surface area contributed by atoms with Gasteiger partial charge in [-0.1, -0.05) is 12.1 Å². The van der Waals surface area contributed by atoms with Crippen molar-refractivity contribution in [3.63, 3.8) is 0 Å². The monoisotopic (exact) mass is 416 g/mol. The Hall–Kier alpha value is -3.16. The molecule has 152 valence electrons. The summed E-state index contributed by atoms with van der Waals surface area (Å²) < 4.78 is 11.5. The van der Waals surface area contributed by atoms with Crippen molar-refractivity contribution in [3.8, 4) is 17.6 Å². The van der Waals surface area contributed by atoms with Gasteiger partial charge in [0.15, 0.2) is 18.1 Å². The van der Waals surface area contributed by atoms with E-state index in [0.717, 1.165) is 13.0 Å². The number of carbonyl (C=O) groups excluding carboxylic acids is 1. The molecule has 3 rings (SSSR count). The van der Waals surface area contributed by atoms with Crippen LogP contribution in [0.1, 0.15) is 12.0 Å². The standard InChI is InChI=1S/C19H20N4O5S/c20-8-13-14(22-19(29)23-18(13)26)5-4-11-2-1-3-15(17(11)27-10-16(24)25)28-12-6-7-21-9-12/h1-5,12,19,21-22,29H,6-7,9-10H2,(H,23,26)(H,24,25)/b5-4+. The number of allylic oxidation sites excluding steroid dienone is 1. The highest BCUT2D eigenvalue weighted by molar-refractivity contribution is 7.80. The minimum atomic E-state index is -1.12. The molecule has 0 aliphatic carbocycles. The molecular weight excluding hydrogens is 396 g/mol. The predicted octanol–water partition coefficient (Wildman–Crippen LogP) is 0.614. The Kier molecular flexibility index (Phi) is 6.64. The number of hydrogen-bond donors (Lipinski definition) is 5. The van der Waals surface area contributed by atoms with E-state index in [-0.39, 0.29) is 17.4 Å². The van der Waals surface area contributed by atoms with E-state index in [9.17, 15) is 14.9 Å². The van der Waals surface area contributed by atoms with Crippen LogP contribution in [0.4, 0.5) is 0 Å². The van der Waals surface area contributed by atoms with Gasteiger partial charge in [0.2, 0.25) is 0 Å². The maximum atomic E-state index is 11.9. The highest BCUT2D eigenvalue weighted by Crippen LogP contribution is 2.34. The molecule has 2 aliphatic rings.